The molecule has 1 saturated heterocycles. The van der Waals surface area contributed by atoms with Gasteiger partial charge in [-0.1, -0.05) is 18.2 Å². The normalized spacial score (nSPS) is 20.5. The van der Waals surface area contributed by atoms with Crippen LogP contribution in [0.5, 0.6) is 0 Å². The number of nitrogens with one attached hydrogen (secondary N) is 1. The molecule has 2 amide bonds. The number of nitrogens with zero attached hydrogens (tertiary/aromatic N) is 1. The topological polar surface area (TPSA) is 66.5 Å². The lowest BCUT2D eigenvalue weighted by Crippen LogP contribution is -2.65. The summed E-state index contributed by atoms with van der Waals surface area (Å²) < 4.78 is 23.6. The highest BCUT2D eigenvalue weighted by Crippen LogP contribution is 2.33. The molecule has 1 aliphatic rings. The van der Waals surface area contributed by atoms with Crippen molar-refractivity contribution >= 4 is 21.7 Å². The van der Waals surface area contributed by atoms with E-state index >= 15 is 0 Å². The predicted molar refractivity (Wildman–Crippen MR) is 65.2 cm³/mol. The van der Waals surface area contributed by atoms with Crippen LogP contribution in [0, 0.1) is 0 Å². The van der Waals surface area contributed by atoms with E-state index in [4.69, 9.17) is 0 Å². The lowest BCUT2D eigenvalue weighted by atomic mass is 10.2. The fourth-order valence-corrected chi connectivity index (χ4v) is 3.06. The molecule has 1 aliphatic heterocycles. The summed E-state index contributed by atoms with van der Waals surface area (Å²) in [5.41, 5.74) is 0.581. The summed E-state index contributed by atoms with van der Waals surface area (Å²) in [7, 11) is -3.50. The molecule has 1 heterocycles. The maximum Gasteiger partial charge on any atom is 0.335 e. The quantitative estimate of drug-likeness (QED) is 0.828. The first-order chi connectivity index (χ1) is 7.84. The Balaban J connectivity index is 2.10. The van der Waals surface area contributed by atoms with E-state index in [1.54, 1.807) is 38.1 Å². The fraction of sp³-hybridized carbons (Fsp3) is 0.364. The van der Waals surface area contributed by atoms with Crippen molar-refractivity contribution in [3.05, 3.63) is 30.3 Å². The van der Waals surface area contributed by atoms with Gasteiger partial charge in [-0.2, -0.15) is 0 Å². The zero-order valence-electron chi connectivity index (χ0n) is 9.67. The summed E-state index contributed by atoms with van der Waals surface area (Å²) in [6.07, 6.45) is 0. The molecule has 1 N–H and O–H groups in total. The van der Waals surface area contributed by atoms with E-state index in [0.717, 1.165) is 4.31 Å². The van der Waals surface area contributed by atoms with Gasteiger partial charge in [-0.3, -0.25) is 0 Å². The van der Waals surface area contributed by atoms with E-state index in [0.29, 0.717) is 5.69 Å². The van der Waals surface area contributed by atoms with Crippen LogP contribution in [-0.2, 0) is 10.0 Å². The molecular weight excluding hydrogens is 240 g/mol. The number of hydrogen-bond donors (Lipinski definition) is 1. The van der Waals surface area contributed by atoms with E-state index in [1.807, 2.05) is 6.07 Å². The van der Waals surface area contributed by atoms with Crippen LogP contribution in [0.15, 0.2) is 30.3 Å². The van der Waals surface area contributed by atoms with Gasteiger partial charge in [0.2, 0.25) is 10.0 Å². The van der Waals surface area contributed by atoms with Crippen molar-refractivity contribution in [1.82, 2.24) is 4.31 Å². The van der Waals surface area contributed by atoms with Gasteiger partial charge in [0.1, 0.15) is 4.75 Å². The molecule has 1 fully saturated rings. The van der Waals surface area contributed by atoms with E-state index in [2.05, 4.69) is 5.32 Å². The Hall–Kier alpha value is -1.56. The Morgan fingerprint density at radius 1 is 1.29 bits per heavy atom. The van der Waals surface area contributed by atoms with Crippen molar-refractivity contribution in [3.63, 3.8) is 0 Å². The highest BCUT2D eigenvalue weighted by atomic mass is 32.2. The zero-order valence-corrected chi connectivity index (χ0v) is 10.5. The summed E-state index contributed by atoms with van der Waals surface area (Å²) in [5.74, 6) is 0. The standard InChI is InChI=1S/C11H14N2O3S/c1-11(2)8-13(17(11,15)16)10(14)12-9-6-4-3-5-7-9/h3-7H,8H2,1-2H3,(H,12,14). The Bertz CT molecular complexity index is 537. The Labute approximate surface area is 100 Å². The van der Waals surface area contributed by atoms with Gasteiger partial charge in [-0.15, -0.1) is 0 Å². The molecule has 0 unspecified atom stereocenters. The van der Waals surface area contributed by atoms with Gasteiger partial charge >= 0.3 is 6.03 Å². The Morgan fingerprint density at radius 2 is 1.88 bits per heavy atom. The van der Waals surface area contributed by atoms with Crippen LogP contribution in [0.1, 0.15) is 13.8 Å². The molecule has 0 spiro atoms. The molecule has 0 radical (unpaired) electrons. The minimum Gasteiger partial charge on any atom is -0.307 e. The number of carbonyl (C=O) groups is 1. The van der Waals surface area contributed by atoms with Gasteiger partial charge in [0.05, 0.1) is 6.54 Å². The van der Waals surface area contributed by atoms with E-state index in [-0.39, 0.29) is 6.54 Å². The predicted octanol–water partition coefficient (Wildman–Crippen LogP) is 1.64. The maximum atomic E-state index is 11.8. The molecule has 0 aromatic heterocycles. The zero-order chi connectivity index (χ0) is 12.7. The van der Waals surface area contributed by atoms with E-state index in [9.17, 15) is 13.2 Å². The monoisotopic (exact) mass is 254 g/mol. The molecule has 0 aliphatic carbocycles. The van der Waals surface area contributed by atoms with Crippen LogP contribution in [0.2, 0.25) is 0 Å². The molecule has 0 saturated carbocycles. The number of para-hydroxylation sites is 1. The number of amides is 2. The SMILES string of the molecule is CC1(C)CN(C(=O)Nc2ccccc2)S1(=O)=O. The molecule has 1 aromatic rings. The third-order valence-corrected chi connectivity index (χ3v) is 5.17. The van der Waals surface area contributed by atoms with Gasteiger partial charge < -0.3 is 5.32 Å². The lowest BCUT2D eigenvalue weighted by molar-refractivity contribution is 0.222. The van der Waals surface area contributed by atoms with Gasteiger partial charge in [0.25, 0.3) is 0 Å². The van der Waals surface area contributed by atoms with Gasteiger partial charge in [-0.25, -0.2) is 17.5 Å². The summed E-state index contributed by atoms with van der Waals surface area (Å²) in [6.45, 7) is 3.43. The minimum absolute atomic E-state index is 0.216. The Morgan fingerprint density at radius 3 is 2.35 bits per heavy atom. The van der Waals surface area contributed by atoms with Crippen molar-refractivity contribution in [3.8, 4) is 0 Å². The first-order valence-electron chi connectivity index (χ1n) is 5.23. The van der Waals surface area contributed by atoms with Crippen LogP contribution in [0.25, 0.3) is 0 Å². The van der Waals surface area contributed by atoms with E-state index in [1.165, 1.54) is 0 Å². The maximum absolute atomic E-state index is 11.8. The van der Waals surface area contributed by atoms with Gasteiger partial charge in [0.15, 0.2) is 0 Å². The molecule has 0 bridgehead atoms. The van der Waals surface area contributed by atoms with Crippen LogP contribution in [-0.4, -0.2) is 30.0 Å². The first kappa shape index (κ1) is 11.9. The second-order valence-electron chi connectivity index (χ2n) is 4.57. The molecule has 6 heteroatoms. The number of carbonyl (C=O) groups excluding carboxylic acids is 1. The molecule has 0 atom stereocenters. The van der Waals surface area contributed by atoms with Gasteiger partial charge in [0, 0.05) is 5.69 Å². The number of rotatable bonds is 1. The average Bonchev–Trinajstić information content (AvgIpc) is 2.27. The second kappa shape index (κ2) is 3.73. The third-order valence-electron chi connectivity index (χ3n) is 2.76. The smallest absolute Gasteiger partial charge is 0.307 e. The van der Waals surface area contributed by atoms with Crippen molar-refractivity contribution in [1.29, 1.82) is 0 Å². The third kappa shape index (κ3) is 1.88. The number of anilines is 1. The first-order valence-corrected chi connectivity index (χ1v) is 6.67. The summed E-state index contributed by atoms with van der Waals surface area (Å²) >= 11 is 0. The fourth-order valence-electron chi connectivity index (χ4n) is 1.63. The number of sulfonamides is 1. The molecule has 17 heavy (non-hydrogen) atoms. The average molecular weight is 254 g/mol. The van der Waals surface area contributed by atoms with Crippen LogP contribution >= 0.6 is 0 Å². The highest BCUT2D eigenvalue weighted by molar-refractivity contribution is 7.92. The summed E-state index contributed by atoms with van der Waals surface area (Å²) in [5, 5.41) is 2.55. The van der Waals surface area contributed by atoms with Crippen LogP contribution in [0.3, 0.4) is 0 Å². The van der Waals surface area contributed by atoms with Crippen LogP contribution in [0.4, 0.5) is 10.5 Å². The van der Waals surface area contributed by atoms with Crippen molar-refractivity contribution in [2.75, 3.05) is 11.9 Å². The molecule has 1 aromatic carbocycles. The molecule has 92 valence electrons. The second-order valence-corrected chi connectivity index (χ2v) is 7.06. The number of hydrogen-bond acceptors (Lipinski definition) is 3. The van der Waals surface area contributed by atoms with Crippen molar-refractivity contribution in [2.45, 2.75) is 18.6 Å². The highest BCUT2D eigenvalue weighted by Gasteiger charge is 2.53. The van der Waals surface area contributed by atoms with Gasteiger partial charge in [-0.05, 0) is 26.0 Å². The largest absolute Gasteiger partial charge is 0.335 e. The van der Waals surface area contributed by atoms with Crippen LogP contribution < -0.4 is 5.32 Å². The molecule has 5 nitrogen and oxygen atoms in total. The summed E-state index contributed by atoms with van der Waals surface area (Å²) in [4.78, 5) is 11.7. The summed E-state index contributed by atoms with van der Waals surface area (Å²) in [6, 6.07) is 8.16. The molecular formula is C11H14N2O3S. The van der Waals surface area contributed by atoms with Crippen molar-refractivity contribution < 1.29 is 13.2 Å². The van der Waals surface area contributed by atoms with Crippen molar-refractivity contribution in [2.24, 2.45) is 0 Å². The number of benzene rings is 1. The van der Waals surface area contributed by atoms with E-state index < -0.39 is 20.8 Å². The lowest BCUT2D eigenvalue weighted by Gasteiger charge is -2.43. The number of urea groups is 1. The Kier molecular flexibility index (Phi) is 2.61. The molecule has 2 rings (SSSR count). The minimum atomic E-state index is -3.50.